The molecule has 1 fully saturated rings. The molecule has 0 unspecified atom stereocenters. The van der Waals surface area contributed by atoms with Crippen molar-refractivity contribution in [2.75, 3.05) is 32.8 Å². The molecule has 0 bridgehead atoms. The lowest BCUT2D eigenvalue weighted by Gasteiger charge is -2.33. The lowest BCUT2D eigenvalue weighted by molar-refractivity contribution is 0.0709. The van der Waals surface area contributed by atoms with Gasteiger partial charge in [-0.2, -0.15) is 0 Å². The second kappa shape index (κ2) is 11.1. The standard InChI is InChI=1S/C25H33N3O4/c1-4-15-32-16-12-26-24(30)21-9-8-17(2)27-23(21)19-10-13-28(14-11-19)25(31)20-6-5-7-22(29)18(20)3/h5-9,19,29H,4,10-16H2,1-3H3,(H,26,30). The van der Waals surface area contributed by atoms with Crippen molar-refractivity contribution >= 4 is 11.8 Å². The second-order valence-electron chi connectivity index (χ2n) is 8.27. The minimum atomic E-state index is -0.138. The van der Waals surface area contributed by atoms with E-state index < -0.39 is 0 Å². The van der Waals surface area contributed by atoms with Crippen LogP contribution in [0.5, 0.6) is 5.75 Å². The number of aromatic hydroxyl groups is 1. The fourth-order valence-corrected chi connectivity index (χ4v) is 4.04. The van der Waals surface area contributed by atoms with Gasteiger partial charge in [0.1, 0.15) is 5.75 Å². The van der Waals surface area contributed by atoms with E-state index in [1.807, 2.05) is 30.9 Å². The Morgan fingerprint density at radius 2 is 1.88 bits per heavy atom. The Morgan fingerprint density at radius 3 is 2.59 bits per heavy atom. The molecule has 0 radical (unpaired) electrons. The number of piperidine rings is 1. The van der Waals surface area contributed by atoms with E-state index >= 15 is 0 Å². The predicted molar refractivity (Wildman–Crippen MR) is 123 cm³/mol. The number of aryl methyl sites for hydroxylation is 1. The maximum absolute atomic E-state index is 13.0. The van der Waals surface area contributed by atoms with Crippen LogP contribution in [-0.4, -0.2) is 59.7 Å². The summed E-state index contributed by atoms with van der Waals surface area (Å²) in [5, 5.41) is 12.9. The molecule has 3 rings (SSSR count). The first-order chi connectivity index (χ1) is 15.4. The van der Waals surface area contributed by atoms with Crippen LogP contribution in [0, 0.1) is 13.8 Å². The Kier molecular flexibility index (Phi) is 8.22. The number of likely N-dealkylation sites (tertiary alicyclic amines) is 1. The number of hydrogen-bond donors (Lipinski definition) is 2. The highest BCUT2D eigenvalue weighted by Crippen LogP contribution is 2.31. The average molecular weight is 440 g/mol. The zero-order valence-corrected chi connectivity index (χ0v) is 19.2. The largest absolute Gasteiger partial charge is 0.508 e. The van der Waals surface area contributed by atoms with Crippen LogP contribution in [0.4, 0.5) is 0 Å². The number of aromatic nitrogens is 1. The average Bonchev–Trinajstić information content (AvgIpc) is 2.80. The van der Waals surface area contributed by atoms with Crippen molar-refractivity contribution in [1.29, 1.82) is 0 Å². The van der Waals surface area contributed by atoms with Crippen LogP contribution >= 0.6 is 0 Å². The van der Waals surface area contributed by atoms with E-state index in [9.17, 15) is 14.7 Å². The monoisotopic (exact) mass is 439 g/mol. The van der Waals surface area contributed by atoms with Crippen molar-refractivity contribution in [3.8, 4) is 5.75 Å². The maximum Gasteiger partial charge on any atom is 0.254 e. The number of pyridine rings is 1. The highest BCUT2D eigenvalue weighted by Gasteiger charge is 2.29. The molecule has 2 heterocycles. The van der Waals surface area contributed by atoms with Crippen LogP contribution in [0.3, 0.4) is 0 Å². The van der Waals surface area contributed by atoms with Gasteiger partial charge in [-0.1, -0.05) is 13.0 Å². The fraction of sp³-hybridized carbons (Fsp3) is 0.480. The second-order valence-corrected chi connectivity index (χ2v) is 8.27. The molecule has 2 amide bonds. The van der Waals surface area contributed by atoms with Crippen LogP contribution in [0.15, 0.2) is 30.3 Å². The van der Waals surface area contributed by atoms with E-state index in [0.29, 0.717) is 49.5 Å². The summed E-state index contributed by atoms with van der Waals surface area (Å²) in [7, 11) is 0. The van der Waals surface area contributed by atoms with Crippen molar-refractivity contribution in [2.45, 2.75) is 46.0 Å². The fourth-order valence-electron chi connectivity index (χ4n) is 4.04. The van der Waals surface area contributed by atoms with E-state index in [1.54, 1.807) is 25.1 Å². The van der Waals surface area contributed by atoms with Gasteiger partial charge in [0, 0.05) is 49.0 Å². The molecule has 1 aliphatic heterocycles. The molecule has 0 spiro atoms. The van der Waals surface area contributed by atoms with Gasteiger partial charge < -0.3 is 20.1 Å². The van der Waals surface area contributed by atoms with Gasteiger partial charge in [-0.25, -0.2) is 0 Å². The first kappa shape index (κ1) is 23.7. The van der Waals surface area contributed by atoms with Gasteiger partial charge in [-0.15, -0.1) is 0 Å². The summed E-state index contributed by atoms with van der Waals surface area (Å²) in [6, 6.07) is 8.72. The molecule has 2 N–H and O–H groups in total. The van der Waals surface area contributed by atoms with Crippen molar-refractivity contribution in [3.05, 3.63) is 58.4 Å². The summed E-state index contributed by atoms with van der Waals surface area (Å²) in [6.07, 6.45) is 2.42. The molecule has 0 saturated carbocycles. The number of benzene rings is 1. The van der Waals surface area contributed by atoms with E-state index in [2.05, 4.69) is 5.32 Å². The molecule has 7 nitrogen and oxygen atoms in total. The van der Waals surface area contributed by atoms with Gasteiger partial charge in [-0.05, 0) is 57.4 Å². The number of phenolic OH excluding ortho intramolecular Hbond substituents is 1. The summed E-state index contributed by atoms with van der Waals surface area (Å²) >= 11 is 0. The molecule has 0 aliphatic carbocycles. The topological polar surface area (TPSA) is 91.8 Å². The maximum atomic E-state index is 13.0. The summed E-state index contributed by atoms with van der Waals surface area (Å²) in [5.41, 5.74) is 3.40. The number of carbonyl (C=O) groups is 2. The van der Waals surface area contributed by atoms with Crippen LogP contribution in [-0.2, 0) is 4.74 Å². The van der Waals surface area contributed by atoms with Crippen LogP contribution in [0.2, 0.25) is 0 Å². The smallest absolute Gasteiger partial charge is 0.254 e. The van der Waals surface area contributed by atoms with E-state index in [1.165, 1.54) is 0 Å². The number of nitrogens with one attached hydrogen (secondary N) is 1. The van der Waals surface area contributed by atoms with Crippen molar-refractivity contribution in [3.63, 3.8) is 0 Å². The third-order valence-corrected chi connectivity index (χ3v) is 5.89. The molecular formula is C25H33N3O4. The van der Waals surface area contributed by atoms with Gasteiger partial charge in [0.05, 0.1) is 17.9 Å². The number of phenols is 1. The minimum absolute atomic E-state index is 0.0703. The summed E-state index contributed by atoms with van der Waals surface area (Å²) in [4.78, 5) is 32.3. The van der Waals surface area contributed by atoms with Crippen molar-refractivity contribution in [1.82, 2.24) is 15.2 Å². The minimum Gasteiger partial charge on any atom is -0.508 e. The first-order valence-electron chi connectivity index (χ1n) is 11.3. The Bertz CT molecular complexity index is 952. The van der Waals surface area contributed by atoms with Crippen LogP contribution in [0.25, 0.3) is 0 Å². The van der Waals surface area contributed by atoms with Crippen LogP contribution < -0.4 is 5.32 Å². The quantitative estimate of drug-likeness (QED) is 0.614. The normalized spacial score (nSPS) is 14.4. The molecule has 1 saturated heterocycles. The molecule has 0 atom stereocenters. The van der Waals surface area contributed by atoms with Gasteiger partial charge >= 0.3 is 0 Å². The Balaban J connectivity index is 1.66. The molecule has 1 aliphatic rings. The Hall–Kier alpha value is -2.93. The highest BCUT2D eigenvalue weighted by molar-refractivity contribution is 5.96. The Labute approximate surface area is 189 Å². The van der Waals surface area contributed by atoms with Gasteiger partial charge in [0.2, 0.25) is 0 Å². The lowest BCUT2D eigenvalue weighted by Crippen LogP contribution is -2.39. The van der Waals surface area contributed by atoms with Crippen LogP contribution in [0.1, 0.15) is 69.8 Å². The third kappa shape index (κ3) is 5.65. The molecule has 172 valence electrons. The summed E-state index contributed by atoms with van der Waals surface area (Å²) in [5.74, 6) is 0.0346. The molecule has 2 aromatic rings. The zero-order chi connectivity index (χ0) is 23.1. The number of carbonyl (C=O) groups excluding carboxylic acids is 2. The number of amides is 2. The van der Waals surface area contributed by atoms with E-state index in [0.717, 1.165) is 30.7 Å². The van der Waals surface area contributed by atoms with Gasteiger partial charge in [0.15, 0.2) is 0 Å². The first-order valence-corrected chi connectivity index (χ1v) is 11.3. The van der Waals surface area contributed by atoms with Crippen molar-refractivity contribution in [2.24, 2.45) is 0 Å². The summed E-state index contributed by atoms with van der Waals surface area (Å²) in [6.45, 7) is 8.53. The SMILES string of the molecule is CCCOCCNC(=O)c1ccc(C)nc1C1CCN(C(=O)c2cccc(O)c2C)CC1. The molecule has 7 heteroatoms. The third-order valence-electron chi connectivity index (χ3n) is 5.89. The zero-order valence-electron chi connectivity index (χ0n) is 19.2. The molecular weight excluding hydrogens is 406 g/mol. The molecule has 1 aromatic carbocycles. The number of nitrogens with zero attached hydrogens (tertiary/aromatic N) is 2. The van der Waals surface area contributed by atoms with E-state index in [4.69, 9.17) is 9.72 Å². The van der Waals surface area contributed by atoms with Crippen molar-refractivity contribution < 1.29 is 19.4 Å². The molecule has 1 aromatic heterocycles. The number of hydrogen-bond acceptors (Lipinski definition) is 5. The lowest BCUT2D eigenvalue weighted by atomic mass is 9.89. The van der Waals surface area contributed by atoms with E-state index in [-0.39, 0.29) is 23.5 Å². The number of ether oxygens (including phenoxy) is 1. The summed E-state index contributed by atoms with van der Waals surface area (Å²) < 4.78 is 5.44. The number of rotatable bonds is 8. The Morgan fingerprint density at radius 1 is 1.12 bits per heavy atom. The van der Waals surface area contributed by atoms with Gasteiger partial charge in [0.25, 0.3) is 11.8 Å². The highest BCUT2D eigenvalue weighted by atomic mass is 16.5. The predicted octanol–water partition coefficient (Wildman–Crippen LogP) is 3.58. The van der Waals surface area contributed by atoms with Gasteiger partial charge in [-0.3, -0.25) is 14.6 Å². The molecule has 32 heavy (non-hydrogen) atoms.